The molecule has 1 aliphatic rings. The summed E-state index contributed by atoms with van der Waals surface area (Å²) in [5.41, 5.74) is 2.38. The predicted molar refractivity (Wildman–Crippen MR) is 78.7 cm³/mol. The number of likely N-dealkylation sites (tertiary alicyclic amines) is 1. The summed E-state index contributed by atoms with van der Waals surface area (Å²) in [6.07, 6.45) is 1.85. The van der Waals surface area contributed by atoms with Gasteiger partial charge in [0.2, 0.25) is 0 Å². The van der Waals surface area contributed by atoms with Gasteiger partial charge in [-0.1, -0.05) is 30.9 Å². The first-order valence-corrected chi connectivity index (χ1v) is 7.11. The van der Waals surface area contributed by atoms with E-state index in [4.69, 9.17) is 5.11 Å². The molecule has 1 fully saturated rings. The van der Waals surface area contributed by atoms with E-state index < -0.39 is 0 Å². The molecule has 102 valence electrons. The molecule has 1 saturated heterocycles. The molecule has 2 rings (SSSR count). The van der Waals surface area contributed by atoms with Gasteiger partial charge >= 0.3 is 0 Å². The second-order valence-corrected chi connectivity index (χ2v) is 5.60. The number of hydrogen-bond acceptors (Lipinski definition) is 2. The van der Waals surface area contributed by atoms with Crippen molar-refractivity contribution in [3.8, 4) is 11.8 Å². The van der Waals surface area contributed by atoms with Gasteiger partial charge in [-0.2, -0.15) is 0 Å². The molecule has 0 saturated carbocycles. The van der Waals surface area contributed by atoms with Crippen molar-refractivity contribution in [3.05, 3.63) is 35.4 Å². The third-order valence-corrected chi connectivity index (χ3v) is 3.70. The van der Waals surface area contributed by atoms with Gasteiger partial charge in [-0.25, -0.2) is 0 Å². The zero-order chi connectivity index (χ0) is 13.7. The Morgan fingerprint density at radius 3 is 2.89 bits per heavy atom. The van der Waals surface area contributed by atoms with Crippen molar-refractivity contribution in [2.45, 2.75) is 39.3 Å². The van der Waals surface area contributed by atoms with Gasteiger partial charge in [0.05, 0.1) is 6.61 Å². The van der Waals surface area contributed by atoms with Crippen molar-refractivity contribution in [1.82, 2.24) is 4.90 Å². The minimum absolute atomic E-state index is 0.135. The van der Waals surface area contributed by atoms with Crippen LogP contribution >= 0.6 is 0 Å². The smallest absolute Gasteiger partial charge is 0.0540 e. The third kappa shape index (κ3) is 4.09. The van der Waals surface area contributed by atoms with Gasteiger partial charge in [-0.05, 0) is 37.0 Å². The number of aliphatic hydroxyl groups is 1. The number of nitrogens with zero attached hydrogens (tertiary/aromatic N) is 1. The normalized spacial score (nSPS) is 23.1. The zero-order valence-corrected chi connectivity index (χ0v) is 11.9. The maximum atomic E-state index is 8.73. The molecule has 0 spiro atoms. The fourth-order valence-electron chi connectivity index (χ4n) is 2.81. The lowest BCUT2D eigenvalue weighted by atomic mass is 10.1. The molecule has 0 aromatic heterocycles. The van der Waals surface area contributed by atoms with Gasteiger partial charge in [-0.3, -0.25) is 4.90 Å². The van der Waals surface area contributed by atoms with Crippen molar-refractivity contribution in [1.29, 1.82) is 0 Å². The van der Waals surface area contributed by atoms with Gasteiger partial charge in [0, 0.05) is 31.1 Å². The Bertz CT molecular complexity index is 472. The van der Waals surface area contributed by atoms with Gasteiger partial charge in [0.1, 0.15) is 0 Å². The SMILES string of the molecule is CC1CC(C)N(Cc2cccc(C#CCCO)c2)C1. The summed E-state index contributed by atoms with van der Waals surface area (Å²) in [7, 11) is 0. The van der Waals surface area contributed by atoms with Crippen molar-refractivity contribution in [3.63, 3.8) is 0 Å². The first-order chi connectivity index (χ1) is 9.19. The molecule has 19 heavy (non-hydrogen) atoms. The van der Waals surface area contributed by atoms with E-state index in [2.05, 4.69) is 48.8 Å². The van der Waals surface area contributed by atoms with Crippen LogP contribution in [0.4, 0.5) is 0 Å². The Hall–Kier alpha value is -1.30. The fourth-order valence-corrected chi connectivity index (χ4v) is 2.81. The molecule has 0 amide bonds. The monoisotopic (exact) mass is 257 g/mol. The lowest BCUT2D eigenvalue weighted by Gasteiger charge is -2.21. The minimum atomic E-state index is 0.135. The van der Waals surface area contributed by atoms with E-state index in [1.54, 1.807) is 0 Å². The molecule has 2 nitrogen and oxygen atoms in total. The van der Waals surface area contributed by atoms with E-state index >= 15 is 0 Å². The quantitative estimate of drug-likeness (QED) is 0.842. The molecule has 2 heteroatoms. The molecule has 1 aromatic rings. The third-order valence-electron chi connectivity index (χ3n) is 3.70. The molecule has 0 bridgehead atoms. The van der Waals surface area contributed by atoms with Crippen LogP contribution in [0, 0.1) is 17.8 Å². The standard InChI is InChI=1S/C17H23NO/c1-14-10-15(2)18(12-14)13-17-8-5-7-16(11-17)6-3-4-9-19/h5,7-8,11,14-15,19H,4,9-10,12-13H2,1-2H3. The summed E-state index contributed by atoms with van der Waals surface area (Å²) in [6.45, 7) is 6.99. The second-order valence-electron chi connectivity index (χ2n) is 5.60. The first-order valence-electron chi connectivity index (χ1n) is 7.11. The first kappa shape index (κ1) is 14.1. The summed E-state index contributed by atoms with van der Waals surface area (Å²) in [5, 5.41) is 8.73. The molecule has 1 aliphatic heterocycles. The van der Waals surface area contributed by atoms with E-state index in [1.807, 2.05) is 6.07 Å². The molecular weight excluding hydrogens is 234 g/mol. The average Bonchev–Trinajstić information content (AvgIpc) is 2.69. The topological polar surface area (TPSA) is 23.5 Å². The van der Waals surface area contributed by atoms with Gasteiger partial charge in [0.15, 0.2) is 0 Å². The lowest BCUT2D eigenvalue weighted by molar-refractivity contribution is 0.256. The van der Waals surface area contributed by atoms with E-state index in [9.17, 15) is 0 Å². The van der Waals surface area contributed by atoms with E-state index in [0.29, 0.717) is 12.5 Å². The van der Waals surface area contributed by atoms with Crippen LogP contribution < -0.4 is 0 Å². The highest BCUT2D eigenvalue weighted by atomic mass is 16.2. The summed E-state index contributed by atoms with van der Waals surface area (Å²) >= 11 is 0. The Balaban J connectivity index is 2.01. The molecule has 2 atom stereocenters. The van der Waals surface area contributed by atoms with Crippen molar-refractivity contribution < 1.29 is 5.11 Å². The van der Waals surface area contributed by atoms with Crippen LogP contribution in [0.5, 0.6) is 0 Å². The lowest BCUT2D eigenvalue weighted by Crippen LogP contribution is -2.26. The molecule has 1 N–H and O–H groups in total. The summed E-state index contributed by atoms with van der Waals surface area (Å²) in [5.74, 6) is 6.88. The van der Waals surface area contributed by atoms with E-state index in [0.717, 1.165) is 18.0 Å². The Kier molecular flexibility index (Phi) is 5.01. The maximum absolute atomic E-state index is 8.73. The molecule has 1 aromatic carbocycles. The summed E-state index contributed by atoms with van der Waals surface area (Å²) < 4.78 is 0. The van der Waals surface area contributed by atoms with E-state index in [-0.39, 0.29) is 6.61 Å². The van der Waals surface area contributed by atoms with Crippen LogP contribution in [-0.2, 0) is 6.54 Å². The molecule has 2 unspecified atom stereocenters. The largest absolute Gasteiger partial charge is 0.395 e. The van der Waals surface area contributed by atoms with Gasteiger partial charge < -0.3 is 5.11 Å². The highest BCUT2D eigenvalue weighted by molar-refractivity contribution is 5.37. The average molecular weight is 257 g/mol. The van der Waals surface area contributed by atoms with Crippen molar-refractivity contribution >= 4 is 0 Å². The fraction of sp³-hybridized carbons (Fsp3) is 0.529. The van der Waals surface area contributed by atoms with Crippen LogP contribution in [0.3, 0.4) is 0 Å². The Morgan fingerprint density at radius 1 is 1.37 bits per heavy atom. The molecule has 0 radical (unpaired) electrons. The van der Waals surface area contributed by atoms with Crippen LogP contribution in [0.2, 0.25) is 0 Å². The predicted octanol–water partition coefficient (Wildman–Crippen LogP) is 2.65. The number of rotatable bonds is 3. The molecule has 0 aliphatic carbocycles. The Labute approximate surface area is 116 Å². The zero-order valence-electron chi connectivity index (χ0n) is 11.9. The maximum Gasteiger partial charge on any atom is 0.0540 e. The van der Waals surface area contributed by atoms with Crippen LogP contribution in [0.1, 0.15) is 37.8 Å². The number of benzene rings is 1. The minimum Gasteiger partial charge on any atom is -0.395 e. The molecular formula is C17H23NO. The van der Waals surface area contributed by atoms with Gasteiger partial charge in [-0.15, -0.1) is 0 Å². The van der Waals surface area contributed by atoms with Crippen LogP contribution in [-0.4, -0.2) is 29.2 Å². The number of aliphatic hydroxyl groups excluding tert-OH is 1. The Morgan fingerprint density at radius 2 is 2.21 bits per heavy atom. The van der Waals surface area contributed by atoms with Crippen molar-refractivity contribution in [2.75, 3.05) is 13.2 Å². The van der Waals surface area contributed by atoms with E-state index in [1.165, 1.54) is 18.5 Å². The van der Waals surface area contributed by atoms with Crippen LogP contribution in [0.15, 0.2) is 24.3 Å². The number of hydrogen-bond donors (Lipinski definition) is 1. The summed E-state index contributed by atoms with van der Waals surface area (Å²) in [6, 6.07) is 9.12. The highest BCUT2D eigenvalue weighted by Crippen LogP contribution is 2.24. The molecule has 1 heterocycles. The van der Waals surface area contributed by atoms with Crippen LogP contribution in [0.25, 0.3) is 0 Å². The second kappa shape index (κ2) is 6.75. The van der Waals surface area contributed by atoms with Crippen molar-refractivity contribution in [2.24, 2.45) is 5.92 Å². The summed E-state index contributed by atoms with van der Waals surface area (Å²) in [4.78, 5) is 2.55. The van der Waals surface area contributed by atoms with Gasteiger partial charge in [0.25, 0.3) is 0 Å². The highest BCUT2D eigenvalue weighted by Gasteiger charge is 2.25.